The highest BCUT2D eigenvalue weighted by Gasteiger charge is 2.38. The molecule has 20 heavy (non-hydrogen) atoms. The molecule has 0 aromatic heterocycles. The van der Waals surface area contributed by atoms with Crippen LogP contribution < -0.4 is 5.73 Å². The Morgan fingerprint density at radius 3 is 2.30 bits per heavy atom. The molecule has 2 rings (SSSR count). The van der Waals surface area contributed by atoms with E-state index in [4.69, 9.17) is 28.9 Å². The Bertz CT molecular complexity index is 438. The minimum Gasteiger partial charge on any atom is -0.329 e. The van der Waals surface area contributed by atoms with Gasteiger partial charge in [0.05, 0.1) is 0 Å². The van der Waals surface area contributed by atoms with Gasteiger partial charge in [-0.05, 0) is 43.4 Å². The zero-order valence-corrected chi connectivity index (χ0v) is 13.8. The molecule has 2 N–H and O–H groups in total. The standard InChI is InChI=1S/C16H24Cl2N2/c1-3-16(4-2)8-9-20(11-16)14(10-19)15-12(17)6-5-7-13(15)18/h5-7,14H,3-4,8-11,19H2,1-2H3. The molecular weight excluding hydrogens is 291 g/mol. The van der Waals surface area contributed by atoms with E-state index in [1.165, 1.54) is 19.3 Å². The summed E-state index contributed by atoms with van der Waals surface area (Å²) in [6, 6.07) is 5.80. The fourth-order valence-electron chi connectivity index (χ4n) is 3.34. The van der Waals surface area contributed by atoms with Crippen LogP contribution in [-0.4, -0.2) is 24.5 Å². The minimum absolute atomic E-state index is 0.121. The molecule has 0 aliphatic carbocycles. The monoisotopic (exact) mass is 314 g/mol. The molecule has 0 bridgehead atoms. The first-order valence-corrected chi connectivity index (χ1v) is 8.20. The van der Waals surface area contributed by atoms with Crippen LogP contribution in [0.4, 0.5) is 0 Å². The number of nitrogens with two attached hydrogens (primary N) is 1. The van der Waals surface area contributed by atoms with Gasteiger partial charge in [-0.1, -0.05) is 43.1 Å². The molecule has 112 valence electrons. The predicted octanol–water partition coefficient (Wildman–Crippen LogP) is 4.51. The lowest BCUT2D eigenvalue weighted by Gasteiger charge is -2.31. The van der Waals surface area contributed by atoms with E-state index in [0.29, 0.717) is 12.0 Å². The van der Waals surface area contributed by atoms with Crippen LogP contribution in [0.2, 0.25) is 10.0 Å². The summed E-state index contributed by atoms with van der Waals surface area (Å²) in [6.07, 6.45) is 3.67. The van der Waals surface area contributed by atoms with Gasteiger partial charge in [0.15, 0.2) is 0 Å². The average molecular weight is 315 g/mol. The van der Waals surface area contributed by atoms with E-state index in [2.05, 4.69) is 18.7 Å². The maximum Gasteiger partial charge on any atom is 0.0500 e. The Labute approximate surface area is 132 Å². The lowest BCUT2D eigenvalue weighted by molar-refractivity contribution is 0.198. The molecule has 0 saturated carbocycles. The number of rotatable bonds is 5. The van der Waals surface area contributed by atoms with Crippen molar-refractivity contribution in [1.29, 1.82) is 0 Å². The molecule has 1 atom stereocenters. The van der Waals surface area contributed by atoms with Crippen molar-refractivity contribution in [3.8, 4) is 0 Å². The van der Waals surface area contributed by atoms with Gasteiger partial charge in [-0.2, -0.15) is 0 Å². The van der Waals surface area contributed by atoms with Gasteiger partial charge in [0, 0.05) is 34.7 Å². The fourth-order valence-corrected chi connectivity index (χ4v) is 3.99. The maximum absolute atomic E-state index is 6.35. The summed E-state index contributed by atoms with van der Waals surface area (Å²) in [5, 5.41) is 1.44. The van der Waals surface area contributed by atoms with Gasteiger partial charge in [-0.15, -0.1) is 0 Å². The number of hydrogen-bond acceptors (Lipinski definition) is 2. The Balaban J connectivity index is 2.26. The van der Waals surface area contributed by atoms with Crippen molar-refractivity contribution in [2.75, 3.05) is 19.6 Å². The highest BCUT2D eigenvalue weighted by Crippen LogP contribution is 2.42. The van der Waals surface area contributed by atoms with Gasteiger partial charge < -0.3 is 5.73 Å². The lowest BCUT2D eigenvalue weighted by Crippen LogP contribution is -2.34. The summed E-state index contributed by atoms with van der Waals surface area (Å²) in [6.45, 7) is 7.28. The van der Waals surface area contributed by atoms with Crippen LogP contribution >= 0.6 is 23.2 Å². The largest absolute Gasteiger partial charge is 0.329 e. The van der Waals surface area contributed by atoms with Crippen LogP contribution in [0.5, 0.6) is 0 Å². The SMILES string of the molecule is CCC1(CC)CCN(C(CN)c2c(Cl)cccc2Cl)C1. The minimum atomic E-state index is 0.121. The highest BCUT2D eigenvalue weighted by atomic mass is 35.5. The molecule has 1 aromatic rings. The Morgan fingerprint density at radius 2 is 1.85 bits per heavy atom. The van der Waals surface area contributed by atoms with E-state index < -0.39 is 0 Å². The fraction of sp³-hybridized carbons (Fsp3) is 0.625. The topological polar surface area (TPSA) is 29.3 Å². The summed E-state index contributed by atoms with van der Waals surface area (Å²) >= 11 is 12.7. The maximum atomic E-state index is 6.35. The van der Waals surface area contributed by atoms with E-state index in [0.717, 1.165) is 28.7 Å². The molecule has 1 unspecified atom stereocenters. The summed E-state index contributed by atoms with van der Waals surface area (Å²) in [5.74, 6) is 0. The molecule has 1 fully saturated rings. The van der Waals surface area contributed by atoms with Gasteiger partial charge in [0.2, 0.25) is 0 Å². The molecule has 1 heterocycles. The third-order valence-electron chi connectivity index (χ3n) is 4.96. The second kappa shape index (κ2) is 6.65. The molecule has 0 spiro atoms. The molecule has 1 aliphatic rings. The Kier molecular flexibility index (Phi) is 5.36. The van der Waals surface area contributed by atoms with Crippen LogP contribution in [0.25, 0.3) is 0 Å². The van der Waals surface area contributed by atoms with Crippen molar-refractivity contribution in [1.82, 2.24) is 4.90 Å². The molecule has 0 amide bonds. The number of likely N-dealkylation sites (tertiary alicyclic amines) is 1. The summed E-state index contributed by atoms with van der Waals surface area (Å²) in [4.78, 5) is 2.46. The molecule has 2 nitrogen and oxygen atoms in total. The first-order valence-electron chi connectivity index (χ1n) is 7.45. The predicted molar refractivity (Wildman–Crippen MR) is 87.5 cm³/mol. The molecule has 1 aliphatic heterocycles. The van der Waals surface area contributed by atoms with Gasteiger partial charge in [-0.25, -0.2) is 0 Å². The number of hydrogen-bond donors (Lipinski definition) is 1. The number of benzene rings is 1. The van der Waals surface area contributed by atoms with Gasteiger partial charge >= 0.3 is 0 Å². The van der Waals surface area contributed by atoms with Gasteiger partial charge in [-0.3, -0.25) is 4.90 Å². The van der Waals surface area contributed by atoms with Gasteiger partial charge in [0.25, 0.3) is 0 Å². The number of nitrogens with zero attached hydrogens (tertiary/aromatic N) is 1. The second-order valence-corrected chi connectivity index (χ2v) is 6.63. The van der Waals surface area contributed by atoms with E-state index in [9.17, 15) is 0 Å². The third-order valence-corrected chi connectivity index (χ3v) is 5.62. The smallest absolute Gasteiger partial charge is 0.0500 e. The summed E-state index contributed by atoms with van der Waals surface area (Å²) in [7, 11) is 0. The summed E-state index contributed by atoms with van der Waals surface area (Å²) in [5.41, 5.74) is 7.45. The van der Waals surface area contributed by atoms with Crippen molar-refractivity contribution in [2.24, 2.45) is 11.1 Å². The van der Waals surface area contributed by atoms with Gasteiger partial charge in [0.1, 0.15) is 0 Å². The van der Waals surface area contributed by atoms with E-state index in [-0.39, 0.29) is 6.04 Å². The molecule has 0 radical (unpaired) electrons. The normalized spacial score (nSPS) is 20.2. The molecular formula is C16H24Cl2N2. The Hall–Kier alpha value is -0.280. The molecule has 4 heteroatoms. The lowest BCUT2D eigenvalue weighted by atomic mass is 9.82. The van der Waals surface area contributed by atoms with Crippen molar-refractivity contribution in [2.45, 2.75) is 39.2 Å². The summed E-state index contributed by atoms with van der Waals surface area (Å²) < 4.78 is 0. The third kappa shape index (κ3) is 2.99. The number of halogens is 2. The van der Waals surface area contributed by atoms with Crippen molar-refractivity contribution < 1.29 is 0 Å². The molecule has 1 aromatic carbocycles. The Morgan fingerprint density at radius 1 is 1.25 bits per heavy atom. The zero-order chi connectivity index (χ0) is 14.8. The van der Waals surface area contributed by atoms with Crippen molar-refractivity contribution in [3.05, 3.63) is 33.8 Å². The molecule has 1 saturated heterocycles. The van der Waals surface area contributed by atoms with Crippen LogP contribution in [0.1, 0.15) is 44.7 Å². The highest BCUT2D eigenvalue weighted by molar-refractivity contribution is 6.36. The van der Waals surface area contributed by atoms with Crippen molar-refractivity contribution >= 4 is 23.2 Å². The van der Waals surface area contributed by atoms with Crippen LogP contribution in [0, 0.1) is 5.41 Å². The first kappa shape index (κ1) is 16.1. The van der Waals surface area contributed by atoms with Crippen molar-refractivity contribution in [3.63, 3.8) is 0 Å². The first-order chi connectivity index (χ1) is 9.56. The quantitative estimate of drug-likeness (QED) is 0.866. The van der Waals surface area contributed by atoms with Crippen LogP contribution in [0.3, 0.4) is 0 Å². The van der Waals surface area contributed by atoms with E-state index in [1.807, 2.05) is 18.2 Å². The van der Waals surface area contributed by atoms with E-state index in [1.54, 1.807) is 0 Å². The average Bonchev–Trinajstić information content (AvgIpc) is 2.88. The van der Waals surface area contributed by atoms with Crippen LogP contribution in [-0.2, 0) is 0 Å². The second-order valence-electron chi connectivity index (χ2n) is 5.81. The zero-order valence-electron chi connectivity index (χ0n) is 12.3. The van der Waals surface area contributed by atoms with E-state index >= 15 is 0 Å². The van der Waals surface area contributed by atoms with Crippen LogP contribution in [0.15, 0.2) is 18.2 Å².